The summed E-state index contributed by atoms with van der Waals surface area (Å²) in [6.07, 6.45) is 0. The van der Waals surface area contributed by atoms with E-state index >= 15 is 4.57 Å². The van der Waals surface area contributed by atoms with Gasteiger partial charge < -0.3 is 18.4 Å². The Bertz CT molecular complexity index is 8150. The number of hydrogen-bond acceptors (Lipinski definition) is 8. The van der Waals surface area contributed by atoms with Crippen LogP contribution < -0.4 is 20.7 Å². The highest BCUT2D eigenvalue weighted by molar-refractivity contribution is 7.85. The predicted octanol–water partition coefficient (Wildman–Crippen LogP) is 26.4. The van der Waals surface area contributed by atoms with Crippen molar-refractivity contribution in [1.82, 2.24) is 39.0 Å². The summed E-state index contributed by atoms with van der Waals surface area (Å²) in [4.78, 5) is 31.0. The van der Waals surface area contributed by atoms with Crippen molar-refractivity contribution in [2.45, 2.75) is 10.8 Å². The Hall–Kier alpha value is -16.4. The van der Waals surface area contributed by atoms with Crippen molar-refractivity contribution in [3.63, 3.8) is 0 Å². The largest absolute Gasteiger partial charge is 0.457 e. The van der Waals surface area contributed by atoms with E-state index in [1.807, 2.05) is 84.9 Å². The molecule has 0 fully saturated rings. The second kappa shape index (κ2) is 29.1. The maximum absolute atomic E-state index is 16.9. The summed E-state index contributed by atoms with van der Waals surface area (Å²) < 4.78 is 28.8. The topological polar surface area (TPSA) is 114 Å². The number of rotatable bonds is 10. The van der Waals surface area contributed by atoms with Crippen molar-refractivity contribution in [3.05, 3.63) is 487 Å². The molecule has 22 aromatic rings. The Morgan fingerprint density at radius 1 is 0.213 bits per heavy atom. The van der Waals surface area contributed by atoms with Crippen molar-refractivity contribution in [2.75, 3.05) is 0 Å². The molecule has 0 saturated carbocycles. The molecule has 127 heavy (non-hydrogen) atoms. The third kappa shape index (κ3) is 11.3. The van der Waals surface area contributed by atoms with Crippen molar-refractivity contribution in [1.29, 1.82) is 0 Å². The minimum absolute atomic E-state index is 0.512. The van der Waals surface area contributed by atoms with Crippen LogP contribution in [0.1, 0.15) is 44.5 Å². The van der Waals surface area contributed by atoms with Crippen molar-refractivity contribution in [2.24, 2.45) is 0 Å². The van der Waals surface area contributed by atoms with E-state index in [1.54, 1.807) is 0 Å². The fourth-order valence-electron chi connectivity index (χ4n) is 20.7. The highest BCUT2D eigenvalue weighted by Crippen LogP contribution is 2.63. The third-order valence-electron chi connectivity index (χ3n) is 26.3. The van der Waals surface area contributed by atoms with Gasteiger partial charge in [-0.3, -0.25) is 0 Å². The quantitative estimate of drug-likeness (QED) is 0.124. The van der Waals surface area contributed by atoms with Gasteiger partial charge in [-0.05, 0) is 109 Å². The lowest BCUT2D eigenvalue weighted by Crippen LogP contribution is -2.48. The highest BCUT2D eigenvalue weighted by atomic mass is 31.2. The monoisotopic (exact) mass is 1640 g/mol. The lowest BCUT2D eigenvalue weighted by molar-refractivity contribution is 0.434. The SMILES string of the molecule is O=P1(c2ccccc2)c2ccccc2C2(c3ccccc3-n3c4ccccc4c4cccc2c43)c2ccc(-c3nc(-c4ccccc4)nc(-c4ccc(-c5ccccc5)cc4)n3)cc21.c1ccc(-c2ccc(-c3nc(-c4ccc(-c5ccccc5)cc4)nc(-c4ccc5c(c4)Oc4ccccc4C54c5ccccc5-n5c6ccccc6c6cccc4c65)n3)cc2)cc1. The van der Waals surface area contributed by atoms with Crippen LogP contribution in [0.2, 0.25) is 0 Å². The maximum atomic E-state index is 16.9. The minimum Gasteiger partial charge on any atom is -0.457 e. The zero-order chi connectivity index (χ0) is 83.9. The van der Waals surface area contributed by atoms with E-state index in [4.69, 9.17) is 34.6 Å². The summed E-state index contributed by atoms with van der Waals surface area (Å²) in [5, 5.41) is 7.27. The fourth-order valence-corrected chi connectivity index (χ4v) is 23.9. The van der Waals surface area contributed by atoms with E-state index in [2.05, 4.69) is 367 Å². The Morgan fingerprint density at radius 2 is 0.512 bits per heavy atom. The number of nitrogens with zero attached hydrogens (tertiary/aromatic N) is 8. The van der Waals surface area contributed by atoms with Crippen LogP contribution in [0.3, 0.4) is 0 Å². The molecule has 4 aliphatic rings. The molecular formula is C116H73N8O2P. The van der Waals surface area contributed by atoms with Gasteiger partial charge in [0.15, 0.2) is 42.1 Å². The van der Waals surface area contributed by atoms with Crippen LogP contribution in [0.4, 0.5) is 0 Å². The summed E-state index contributed by atoms with van der Waals surface area (Å²) in [7, 11) is -3.54. The van der Waals surface area contributed by atoms with Gasteiger partial charge in [-0.25, -0.2) is 29.9 Å². The molecule has 0 aliphatic carbocycles. The van der Waals surface area contributed by atoms with Gasteiger partial charge in [0.1, 0.15) is 11.5 Å². The zero-order valence-electron chi connectivity index (χ0n) is 68.5. The molecule has 0 N–H and O–H groups in total. The van der Waals surface area contributed by atoms with E-state index in [9.17, 15) is 0 Å². The van der Waals surface area contributed by atoms with Crippen molar-refractivity contribution < 1.29 is 9.30 Å². The van der Waals surface area contributed by atoms with Crippen LogP contribution >= 0.6 is 7.14 Å². The molecule has 594 valence electrons. The van der Waals surface area contributed by atoms with Gasteiger partial charge >= 0.3 is 0 Å². The van der Waals surface area contributed by atoms with Gasteiger partial charge in [-0.2, -0.15) is 0 Å². The smallest absolute Gasteiger partial charge is 0.171 e. The Kier molecular flexibility index (Phi) is 16.8. The van der Waals surface area contributed by atoms with E-state index in [0.717, 1.165) is 150 Å². The molecule has 0 amide bonds. The first-order valence-electron chi connectivity index (χ1n) is 43.0. The molecule has 2 spiro atoms. The molecule has 0 radical (unpaired) electrons. The minimum atomic E-state index is -3.54. The van der Waals surface area contributed by atoms with Crippen LogP contribution in [0.25, 0.3) is 157 Å². The number of fused-ring (bicyclic) bond motifs is 22. The summed E-state index contributed by atoms with van der Waals surface area (Å²) in [5.41, 5.74) is 26.5. The van der Waals surface area contributed by atoms with Gasteiger partial charge in [-0.15, -0.1) is 0 Å². The molecule has 11 heteroatoms. The lowest BCUT2D eigenvalue weighted by Gasteiger charge is -2.47. The zero-order valence-corrected chi connectivity index (χ0v) is 69.4. The summed E-state index contributed by atoms with van der Waals surface area (Å²) in [5.74, 6) is 5.01. The molecule has 4 aliphatic heterocycles. The molecule has 26 rings (SSSR count). The molecule has 0 saturated heterocycles. The van der Waals surface area contributed by atoms with Gasteiger partial charge in [-0.1, -0.05) is 400 Å². The molecular weight excluding hydrogens is 1570 g/mol. The molecule has 18 aromatic carbocycles. The summed E-state index contributed by atoms with van der Waals surface area (Å²) in [6.45, 7) is 0. The standard InChI is InChI=1S/C58H37N4OP.C58H36N4O/c63-64(43-21-8-3-9-22-43)52-30-15-12-26-47(52)58(46-25-11-14-29-51(46)62-50-28-13-10-23-44(50)45-24-16-27-49(58)54(45)62)48-36-35-42(37-53(48)64)57-60-55(40-19-6-2-7-20-40)59-56(61-57)41-33-31-39(32-34-41)38-17-4-1-5-18-38;1-3-14-37(15-4-1)39-26-30-41(31-27-39)55-59-56(42-32-28-40(29-33-42)38-16-5-2-6-17-38)61-57(60-55)43-34-35-48-53(36-43)63-52-25-12-9-21-47(52)58(48)46-20-8-11-24-51(46)62-50-23-10-7-18-44(50)45-19-13-22-49(58)54(45)62/h1-37H;1-36H. The first-order valence-corrected chi connectivity index (χ1v) is 44.7. The van der Waals surface area contributed by atoms with Crippen LogP contribution in [-0.4, -0.2) is 39.0 Å². The third-order valence-corrected chi connectivity index (χ3v) is 29.4. The van der Waals surface area contributed by atoms with Crippen molar-refractivity contribution >= 4 is 66.7 Å². The number of benzene rings is 18. The Balaban J connectivity index is 0.000000138. The van der Waals surface area contributed by atoms with Crippen molar-refractivity contribution in [3.8, 4) is 125 Å². The van der Waals surface area contributed by atoms with E-state index < -0.39 is 18.0 Å². The Labute approximate surface area is 732 Å². The first kappa shape index (κ1) is 73.3. The number of hydrogen-bond donors (Lipinski definition) is 0. The fraction of sp³-hybridized carbons (Fsp3) is 0.0172. The van der Waals surface area contributed by atoms with Gasteiger partial charge in [0.25, 0.3) is 0 Å². The highest BCUT2D eigenvalue weighted by Gasteiger charge is 2.55. The van der Waals surface area contributed by atoms with E-state index in [-0.39, 0.29) is 0 Å². The molecule has 10 nitrogen and oxygen atoms in total. The average Bonchev–Trinajstić information content (AvgIpc) is 1.64. The molecule has 8 heterocycles. The van der Waals surface area contributed by atoms with Crippen LogP contribution in [0.15, 0.2) is 443 Å². The molecule has 3 unspecified atom stereocenters. The normalized spacial score (nSPS) is 15.7. The van der Waals surface area contributed by atoms with Crippen LogP contribution in [0, 0.1) is 0 Å². The molecule has 4 aromatic heterocycles. The summed E-state index contributed by atoms with van der Waals surface area (Å²) >= 11 is 0. The van der Waals surface area contributed by atoms with Crippen LogP contribution in [0.5, 0.6) is 11.5 Å². The van der Waals surface area contributed by atoms with Gasteiger partial charge in [0.2, 0.25) is 0 Å². The van der Waals surface area contributed by atoms with Gasteiger partial charge in [0, 0.05) is 82.0 Å². The second-order valence-electron chi connectivity index (χ2n) is 33.0. The molecule has 3 atom stereocenters. The number of ether oxygens (including phenoxy) is 1. The summed E-state index contributed by atoms with van der Waals surface area (Å²) in [6, 6.07) is 155. The average molecular weight is 1640 g/mol. The van der Waals surface area contributed by atoms with Gasteiger partial charge in [0.05, 0.1) is 44.3 Å². The second-order valence-corrected chi connectivity index (χ2v) is 35.7. The maximum Gasteiger partial charge on any atom is 0.171 e. The first-order chi connectivity index (χ1) is 62.8. The van der Waals surface area contributed by atoms with E-state index in [0.29, 0.717) is 34.9 Å². The number of para-hydroxylation sites is 7. The molecule has 0 bridgehead atoms. The number of aromatic nitrogens is 8. The van der Waals surface area contributed by atoms with E-state index in [1.165, 1.54) is 43.7 Å². The van der Waals surface area contributed by atoms with Crippen LogP contribution in [-0.2, 0) is 15.4 Å². The lowest BCUT2D eigenvalue weighted by atomic mass is 9.61. The Morgan fingerprint density at radius 3 is 0.984 bits per heavy atom. The predicted molar refractivity (Wildman–Crippen MR) is 514 cm³/mol.